The zero-order chi connectivity index (χ0) is 14.3. The van der Waals surface area contributed by atoms with Crippen molar-refractivity contribution < 1.29 is 9.53 Å². The Bertz CT molecular complexity index is 269. The highest BCUT2D eigenvalue weighted by Crippen LogP contribution is 2.27. The molecule has 4 heteroatoms. The maximum absolute atomic E-state index is 12.0. The van der Waals surface area contributed by atoms with E-state index in [1.165, 1.54) is 0 Å². The Labute approximate surface area is 117 Å². The van der Waals surface area contributed by atoms with E-state index in [4.69, 9.17) is 10.5 Å². The van der Waals surface area contributed by atoms with Crippen LogP contribution in [-0.4, -0.2) is 31.7 Å². The van der Waals surface area contributed by atoms with Gasteiger partial charge in [0.2, 0.25) is 5.91 Å². The molecule has 3 atom stereocenters. The standard InChI is InChI=1S/C15H30N2O2/c1-11(2)7-9-19-10-8-17-15(18)13-6-4-5-12(3)14(13)16/h11-14H,4-10,16H2,1-3H3,(H,17,18). The molecule has 1 aliphatic carbocycles. The summed E-state index contributed by atoms with van der Waals surface area (Å²) >= 11 is 0. The first kappa shape index (κ1) is 16.4. The van der Waals surface area contributed by atoms with E-state index in [0.29, 0.717) is 25.0 Å². The van der Waals surface area contributed by atoms with Gasteiger partial charge in [-0.3, -0.25) is 4.79 Å². The molecule has 1 amide bonds. The molecule has 1 aliphatic rings. The predicted octanol–water partition coefficient (Wildman–Crippen LogP) is 1.93. The largest absolute Gasteiger partial charge is 0.380 e. The van der Waals surface area contributed by atoms with Gasteiger partial charge in [0.25, 0.3) is 0 Å². The Morgan fingerprint density at radius 3 is 2.79 bits per heavy atom. The summed E-state index contributed by atoms with van der Waals surface area (Å²) in [6.07, 6.45) is 4.24. The average molecular weight is 270 g/mol. The first-order valence-electron chi connectivity index (χ1n) is 7.63. The van der Waals surface area contributed by atoms with Crippen LogP contribution in [0.25, 0.3) is 0 Å². The molecule has 1 fully saturated rings. The van der Waals surface area contributed by atoms with Crippen molar-refractivity contribution in [1.82, 2.24) is 5.32 Å². The minimum atomic E-state index is -0.0144. The Kier molecular flexibility index (Phi) is 7.39. The van der Waals surface area contributed by atoms with Crippen molar-refractivity contribution in [3.8, 4) is 0 Å². The molecule has 1 saturated carbocycles. The van der Waals surface area contributed by atoms with Gasteiger partial charge >= 0.3 is 0 Å². The molecule has 3 unspecified atom stereocenters. The van der Waals surface area contributed by atoms with E-state index < -0.39 is 0 Å². The van der Waals surface area contributed by atoms with Gasteiger partial charge in [0.05, 0.1) is 12.5 Å². The summed E-state index contributed by atoms with van der Waals surface area (Å²) in [4.78, 5) is 12.0. The zero-order valence-corrected chi connectivity index (χ0v) is 12.7. The second-order valence-electron chi connectivity index (χ2n) is 6.18. The van der Waals surface area contributed by atoms with E-state index in [9.17, 15) is 4.79 Å². The summed E-state index contributed by atoms with van der Waals surface area (Å²) in [5.41, 5.74) is 6.12. The first-order valence-corrected chi connectivity index (χ1v) is 7.63. The summed E-state index contributed by atoms with van der Waals surface area (Å²) in [6, 6.07) is 0.00982. The van der Waals surface area contributed by atoms with Gasteiger partial charge < -0.3 is 15.8 Å². The minimum absolute atomic E-state index is 0.00982. The van der Waals surface area contributed by atoms with Gasteiger partial charge in [-0.05, 0) is 31.1 Å². The van der Waals surface area contributed by atoms with Gasteiger partial charge in [0, 0.05) is 19.2 Å². The summed E-state index contributed by atoms with van der Waals surface area (Å²) in [5.74, 6) is 1.20. The van der Waals surface area contributed by atoms with Crippen LogP contribution in [0.15, 0.2) is 0 Å². The molecule has 0 aliphatic heterocycles. The van der Waals surface area contributed by atoms with Gasteiger partial charge in [-0.2, -0.15) is 0 Å². The lowest BCUT2D eigenvalue weighted by molar-refractivity contribution is -0.127. The predicted molar refractivity (Wildman–Crippen MR) is 77.8 cm³/mol. The van der Waals surface area contributed by atoms with Gasteiger partial charge in [-0.25, -0.2) is 0 Å². The molecule has 4 nitrogen and oxygen atoms in total. The third-order valence-electron chi connectivity index (χ3n) is 4.02. The van der Waals surface area contributed by atoms with Crippen molar-refractivity contribution in [2.24, 2.45) is 23.5 Å². The number of carbonyl (C=O) groups is 1. The third kappa shape index (κ3) is 5.91. The molecular weight excluding hydrogens is 240 g/mol. The number of carbonyl (C=O) groups excluding carboxylic acids is 1. The molecule has 0 aromatic heterocycles. The zero-order valence-electron chi connectivity index (χ0n) is 12.7. The van der Waals surface area contributed by atoms with Crippen molar-refractivity contribution in [2.45, 2.75) is 52.5 Å². The normalized spacial score (nSPS) is 27.5. The number of hydrogen-bond donors (Lipinski definition) is 2. The van der Waals surface area contributed by atoms with Crippen molar-refractivity contribution in [3.05, 3.63) is 0 Å². The molecule has 19 heavy (non-hydrogen) atoms. The van der Waals surface area contributed by atoms with Crippen LogP contribution in [0.1, 0.15) is 46.5 Å². The lowest BCUT2D eigenvalue weighted by atomic mass is 9.78. The molecule has 112 valence electrons. The van der Waals surface area contributed by atoms with Crippen molar-refractivity contribution in [2.75, 3.05) is 19.8 Å². The second-order valence-corrected chi connectivity index (χ2v) is 6.18. The van der Waals surface area contributed by atoms with Gasteiger partial charge in [0.15, 0.2) is 0 Å². The Morgan fingerprint density at radius 2 is 2.11 bits per heavy atom. The van der Waals surface area contributed by atoms with Gasteiger partial charge in [-0.15, -0.1) is 0 Å². The maximum atomic E-state index is 12.0. The lowest BCUT2D eigenvalue weighted by Crippen LogP contribution is -2.47. The van der Waals surface area contributed by atoms with E-state index in [0.717, 1.165) is 32.3 Å². The first-order chi connectivity index (χ1) is 9.02. The molecular formula is C15H30N2O2. The smallest absolute Gasteiger partial charge is 0.224 e. The third-order valence-corrected chi connectivity index (χ3v) is 4.02. The number of rotatable bonds is 7. The van der Waals surface area contributed by atoms with Crippen LogP contribution in [0.5, 0.6) is 0 Å². The van der Waals surface area contributed by atoms with Crippen LogP contribution < -0.4 is 11.1 Å². The van der Waals surface area contributed by atoms with E-state index in [1.807, 2.05) is 0 Å². The van der Waals surface area contributed by atoms with Crippen LogP contribution in [0.4, 0.5) is 0 Å². The fourth-order valence-corrected chi connectivity index (χ4v) is 2.55. The number of nitrogens with one attached hydrogen (secondary N) is 1. The summed E-state index contributed by atoms with van der Waals surface area (Å²) in [6.45, 7) is 8.45. The fraction of sp³-hybridized carbons (Fsp3) is 0.933. The van der Waals surface area contributed by atoms with E-state index >= 15 is 0 Å². The molecule has 0 aromatic rings. The Hall–Kier alpha value is -0.610. The molecule has 0 radical (unpaired) electrons. The van der Waals surface area contributed by atoms with E-state index in [-0.39, 0.29) is 17.9 Å². The second kappa shape index (κ2) is 8.54. The molecule has 0 saturated heterocycles. The maximum Gasteiger partial charge on any atom is 0.224 e. The summed E-state index contributed by atoms with van der Waals surface area (Å²) < 4.78 is 5.48. The molecule has 0 aromatic carbocycles. The Morgan fingerprint density at radius 1 is 1.37 bits per heavy atom. The monoisotopic (exact) mass is 270 g/mol. The molecule has 0 spiro atoms. The number of amides is 1. The van der Waals surface area contributed by atoms with E-state index in [1.54, 1.807) is 0 Å². The van der Waals surface area contributed by atoms with Crippen LogP contribution in [-0.2, 0) is 9.53 Å². The highest BCUT2D eigenvalue weighted by Gasteiger charge is 2.32. The minimum Gasteiger partial charge on any atom is -0.380 e. The van der Waals surface area contributed by atoms with Crippen molar-refractivity contribution >= 4 is 5.91 Å². The fourth-order valence-electron chi connectivity index (χ4n) is 2.55. The molecule has 0 bridgehead atoms. The van der Waals surface area contributed by atoms with Crippen LogP contribution in [0.3, 0.4) is 0 Å². The van der Waals surface area contributed by atoms with Gasteiger partial charge in [0.1, 0.15) is 0 Å². The van der Waals surface area contributed by atoms with Crippen LogP contribution in [0, 0.1) is 17.8 Å². The van der Waals surface area contributed by atoms with Crippen LogP contribution in [0.2, 0.25) is 0 Å². The van der Waals surface area contributed by atoms with Crippen LogP contribution >= 0.6 is 0 Å². The number of nitrogens with two attached hydrogens (primary N) is 1. The summed E-state index contributed by atoms with van der Waals surface area (Å²) in [5, 5.41) is 2.95. The van der Waals surface area contributed by atoms with Crippen molar-refractivity contribution in [1.29, 1.82) is 0 Å². The highest BCUT2D eigenvalue weighted by atomic mass is 16.5. The lowest BCUT2D eigenvalue weighted by Gasteiger charge is -2.32. The molecule has 1 rings (SSSR count). The molecule has 0 heterocycles. The highest BCUT2D eigenvalue weighted by molar-refractivity contribution is 5.79. The molecule has 3 N–H and O–H groups in total. The SMILES string of the molecule is CC(C)CCOCCNC(=O)C1CCCC(C)C1N. The number of hydrogen-bond acceptors (Lipinski definition) is 3. The van der Waals surface area contributed by atoms with Gasteiger partial charge in [-0.1, -0.05) is 27.2 Å². The quantitative estimate of drug-likeness (QED) is 0.695. The average Bonchev–Trinajstić information content (AvgIpc) is 2.36. The Balaban J connectivity index is 2.13. The number of ether oxygens (including phenoxy) is 1. The van der Waals surface area contributed by atoms with Crippen molar-refractivity contribution in [3.63, 3.8) is 0 Å². The summed E-state index contributed by atoms with van der Waals surface area (Å²) in [7, 11) is 0. The van der Waals surface area contributed by atoms with E-state index in [2.05, 4.69) is 26.1 Å². The topological polar surface area (TPSA) is 64.3 Å².